The first-order valence-corrected chi connectivity index (χ1v) is 6.52. The van der Waals surface area contributed by atoms with Crippen LogP contribution >= 0.6 is 11.6 Å². The van der Waals surface area contributed by atoms with Crippen LogP contribution in [0.25, 0.3) is 0 Å². The van der Waals surface area contributed by atoms with Crippen molar-refractivity contribution in [2.45, 2.75) is 38.4 Å². The molecule has 1 aliphatic rings. The summed E-state index contributed by atoms with van der Waals surface area (Å²) < 4.78 is 5.39. The van der Waals surface area contributed by atoms with Gasteiger partial charge in [0, 0.05) is 25.1 Å². The average Bonchev–Trinajstić information content (AvgIpc) is 2.68. The van der Waals surface area contributed by atoms with E-state index in [1.54, 1.807) is 0 Å². The standard InChI is InChI=1S/C12H18ClN3O2/c1-3-9-10(13)15-7-16-11(9)14-6-12(17)4-5-18-8(12)2/h7-8,17H,3-6H2,1-2H3,(H,14,15,16). The SMILES string of the molecule is CCc1c(Cl)ncnc1NCC1(O)CCOC1C. The van der Waals surface area contributed by atoms with E-state index >= 15 is 0 Å². The molecule has 18 heavy (non-hydrogen) atoms. The average molecular weight is 272 g/mol. The van der Waals surface area contributed by atoms with E-state index in [2.05, 4.69) is 15.3 Å². The Morgan fingerprint density at radius 2 is 2.39 bits per heavy atom. The molecule has 2 N–H and O–H groups in total. The quantitative estimate of drug-likeness (QED) is 0.815. The van der Waals surface area contributed by atoms with E-state index in [0.29, 0.717) is 30.5 Å². The van der Waals surface area contributed by atoms with Crippen molar-refractivity contribution in [3.05, 3.63) is 17.0 Å². The van der Waals surface area contributed by atoms with Crippen LogP contribution in [0.5, 0.6) is 0 Å². The van der Waals surface area contributed by atoms with Crippen molar-refractivity contribution >= 4 is 17.4 Å². The number of ether oxygens (including phenoxy) is 1. The first-order valence-electron chi connectivity index (χ1n) is 6.14. The van der Waals surface area contributed by atoms with Gasteiger partial charge < -0.3 is 15.2 Å². The molecule has 1 aliphatic heterocycles. The highest BCUT2D eigenvalue weighted by Gasteiger charge is 2.39. The molecular formula is C12H18ClN3O2. The maximum Gasteiger partial charge on any atom is 0.137 e. The molecule has 0 spiro atoms. The van der Waals surface area contributed by atoms with Crippen LogP contribution in [0.15, 0.2) is 6.33 Å². The van der Waals surface area contributed by atoms with Gasteiger partial charge in [-0.15, -0.1) is 0 Å². The van der Waals surface area contributed by atoms with Crippen LogP contribution in [-0.4, -0.2) is 39.9 Å². The van der Waals surface area contributed by atoms with Crippen molar-refractivity contribution < 1.29 is 9.84 Å². The normalized spacial score (nSPS) is 27.4. The van der Waals surface area contributed by atoms with Crippen LogP contribution in [0, 0.1) is 0 Å². The molecule has 5 nitrogen and oxygen atoms in total. The van der Waals surface area contributed by atoms with Crippen LogP contribution in [0.2, 0.25) is 5.15 Å². The minimum Gasteiger partial charge on any atom is -0.385 e. The lowest BCUT2D eigenvalue weighted by atomic mass is 9.96. The number of anilines is 1. The van der Waals surface area contributed by atoms with Crippen molar-refractivity contribution in [1.29, 1.82) is 0 Å². The van der Waals surface area contributed by atoms with E-state index in [4.69, 9.17) is 16.3 Å². The topological polar surface area (TPSA) is 67.3 Å². The van der Waals surface area contributed by atoms with E-state index in [0.717, 1.165) is 12.0 Å². The van der Waals surface area contributed by atoms with Crippen molar-refractivity contribution in [2.75, 3.05) is 18.5 Å². The number of nitrogens with one attached hydrogen (secondary N) is 1. The molecule has 1 aromatic rings. The number of hydrogen-bond acceptors (Lipinski definition) is 5. The lowest BCUT2D eigenvalue weighted by molar-refractivity contribution is -0.0176. The summed E-state index contributed by atoms with van der Waals surface area (Å²) in [7, 11) is 0. The molecule has 0 amide bonds. The maximum atomic E-state index is 10.4. The predicted octanol–water partition coefficient (Wildman–Crippen LogP) is 1.64. The van der Waals surface area contributed by atoms with E-state index < -0.39 is 5.60 Å². The van der Waals surface area contributed by atoms with Gasteiger partial charge in [-0.25, -0.2) is 9.97 Å². The zero-order chi connectivity index (χ0) is 13.2. The van der Waals surface area contributed by atoms with Gasteiger partial charge in [-0.3, -0.25) is 0 Å². The van der Waals surface area contributed by atoms with Gasteiger partial charge in [0.1, 0.15) is 22.9 Å². The smallest absolute Gasteiger partial charge is 0.137 e. The van der Waals surface area contributed by atoms with Crippen LogP contribution in [-0.2, 0) is 11.2 Å². The number of hydrogen-bond donors (Lipinski definition) is 2. The highest BCUT2D eigenvalue weighted by molar-refractivity contribution is 6.30. The molecular weight excluding hydrogens is 254 g/mol. The van der Waals surface area contributed by atoms with Gasteiger partial charge in [-0.1, -0.05) is 18.5 Å². The van der Waals surface area contributed by atoms with Crippen molar-refractivity contribution in [2.24, 2.45) is 0 Å². The Morgan fingerprint density at radius 1 is 1.61 bits per heavy atom. The molecule has 0 radical (unpaired) electrons. The Kier molecular flexibility index (Phi) is 4.04. The Labute approximate surface area is 112 Å². The summed E-state index contributed by atoms with van der Waals surface area (Å²) in [6.45, 7) is 4.85. The number of rotatable bonds is 4. The largest absolute Gasteiger partial charge is 0.385 e. The third kappa shape index (κ3) is 2.58. The van der Waals surface area contributed by atoms with E-state index in [1.165, 1.54) is 6.33 Å². The fraction of sp³-hybridized carbons (Fsp3) is 0.667. The first-order chi connectivity index (χ1) is 8.57. The monoisotopic (exact) mass is 271 g/mol. The van der Waals surface area contributed by atoms with Gasteiger partial charge in [0.25, 0.3) is 0 Å². The summed E-state index contributed by atoms with van der Waals surface area (Å²) in [6, 6.07) is 0. The van der Waals surface area contributed by atoms with Crippen LogP contribution in [0.3, 0.4) is 0 Å². The minimum absolute atomic E-state index is 0.174. The zero-order valence-corrected chi connectivity index (χ0v) is 11.4. The molecule has 2 heterocycles. The molecule has 2 atom stereocenters. The van der Waals surface area contributed by atoms with Crippen LogP contribution in [0.4, 0.5) is 5.82 Å². The first kappa shape index (κ1) is 13.5. The minimum atomic E-state index is -0.845. The highest BCUT2D eigenvalue weighted by Crippen LogP contribution is 2.27. The second kappa shape index (κ2) is 5.38. The molecule has 0 saturated carbocycles. The Hall–Kier alpha value is -0.910. The Morgan fingerprint density at radius 3 is 3.00 bits per heavy atom. The molecule has 0 bridgehead atoms. The van der Waals surface area contributed by atoms with Crippen LogP contribution in [0.1, 0.15) is 25.8 Å². The molecule has 0 aliphatic carbocycles. The van der Waals surface area contributed by atoms with E-state index in [9.17, 15) is 5.11 Å². The van der Waals surface area contributed by atoms with Gasteiger partial charge in [0.05, 0.1) is 6.10 Å². The zero-order valence-electron chi connectivity index (χ0n) is 10.6. The summed E-state index contributed by atoms with van der Waals surface area (Å²) in [6.07, 6.45) is 2.61. The van der Waals surface area contributed by atoms with Crippen molar-refractivity contribution in [1.82, 2.24) is 9.97 Å². The highest BCUT2D eigenvalue weighted by atomic mass is 35.5. The predicted molar refractivity (Wildman–Crippen MR) is 69.9 cm³/mol. The summed E-state index contributed by atoms with van der Waals surface area (Å²) in [4.78, 5) is 8.12. The molecule has 1 aromatic heterocycles. The second-order valence-corrected chi connectivity index (χ2v) is 4.92. The fourth-order valence-electron chi connectivity index (χ4n) is 2.10. The van der Waals surface area contributed by atoms with Gasteiger partial charge in [-0.2, -0.15) is 0 Å². The Balaban J connectivity index is 2.08. The number of nitrogens with zero attached hydrogens (tertiary/aromatic N) is 2. The summed E-state index contributed by atoms with van der Waals surface area (Å²) in [5.74, 6) is 0.685. The van der Waals surface area contributed by atoms with Gasteiger partial charge in [-0.05, 0) is 13.3 Å². The summed E-state index contributed by atoms with van der Waals surface area (Å²) in [5.41, 5.74) is 0.0250. The van der Waals surface area contributed by atoms with Gasteiger partial charge >= 0.3 is 0 Å². The van der Waals surface area contributed by atoms with E-state index in [1.807, 2.05) is 13.8 Å². The van der Waals surface area contributed by atoms with Crippen molar-refractivity contribution in [3.8, 4) is 0 Å². The molecule has 100 valence electrons. The maximum absolute atomic E-state index is 10.4. The molecule has 2 rings (SSSR count). The lowest BCUT2D eigenvalue weighted by Crippen LogP contribution is -2.43. The van der Waals surface area contributed by atoms with Gasteiger partial charge in [0.15, 0.2) is 0 Å². The molecule has 6 heteroatoms. The third-order valence-electron chi connectivity index (χ3n) is 3.47. The molecule has 2 unspecified atom stereocenters. The number of aromatic nitrogens is 2. The number of aliphatic hydroxyl groups is 1. The number of halogens is 1. The summed E-state index contributed by atoms with van der Waals surface area (Å²) in [5, 5.41) is 14.0. The molecule has 1 fully saturated rings. The molecule has 0 aromatic carbocycles. The second-order valence-electron chi connectivity index (χ2n) is 4.57. The van der Waals surface area contributed by atoms with Gasteiger partial charge in [0.2, 0.25) is 0 Å². The third-order valence-corrected chi connectivity index (χ3v) is 3.79. The van der Waals surface area contributed by atoms with Crippen molar-refractivity contribution in [3.63, 3.8) is 0 Å². The fourth-order valence-corrected chi connectivity index (χ4v) is 2.36. The van der Waals surface area contributed by atoms with E-state index in [-0.39, 0.29) is 6.10 Å². The lowest BCUT2D eigenvalue weighted by Gasteiger charge is -2.26. The Bertz CT molecular complexity index is 430. The van der Waals surface area contributed by atoms with Crippen LogP contribution < -0.4 is 5.32 Å². The molecule has 1 saturated heterocycles. The summed E-state index contributed by atoms with van der Waals surface area (Å²) >= 11 is 6.01.